The van der Waals surface area contributed by atoms with Crippen LogP contribution >= 0.6 is 11.6 Å². The molecule has 1 unspecified atom stereocenters. The van der Waals surface area contributed by atoms with Gasteiger partial charge in [-0.05, 0) is 24.6 Å². The molecule has 0 amide bonds. The molecule has 0 bridgehead atoms. The highest BCUT2D eigenvalue weighted by Gasteiger charge is 2.22. The Kier molecular flexibility index (Phi) is 4.26. The van der Waals surface area contributed by atoms with E-state index in [1.807, 2.05) is 6.07 Å². The van der Waals surface area contributed by atoms with Crippen molar-refractivity contribution < 1.29 is 9.84 Å². The highest BCUT2D eigenvalue weighted by molar-refractivity contribution is 6.30. The molecule has 1 aromatic carbocycles. The standard InChI is InChI=1S/C13H18ClNO2/c1-2-12-9-17-6-5-15(12)8-10-7-11(14)3-4-13(10)16/h3-4,7,12,16H,2,5-6,8-9H2,1H3. The molecule has 0 saturated carbocycles. The Bertz CT molecular complexity index is 384. The molecule has 1 saturated heterocycles. The zero-order valence-corrected chi connectivity index (χ0v) is 10.8. The average Bonchev–Trinajstić information content (AvgIpc) is 2.34. The second kappa shape index (κ2) is 5.71. The van der Waals surface area contributed by atoms with E-state index in [0.29, 0.717) is 16.8 Å². The number of aromatic hydroxyl groups is 1. The highest BCUT2D eigenvalue weighted by Crippen LogP contribution is 2.24. The molecule has 1 aliphatic rings. The maximum absolute atomic E-state index is 9.81. The Hall–Kier alpha value is -0.770. The molecule has 1 aromatic rings. The summed E-state index contributed by atoms with van der Waals surface area (Å²) in [7, 11) is 0. The van der Waals surface area contributed by atoms with Crippen LogP contribution in [-0.2, 0) is 11.3 Å². The van der Waals surface area contributed by atoms with Crippen molar-refractivity contribution in [2.24, 2.45) is 0 Å². The summed E-state index contributed by atoms with van der Waals surface area (Å²) in [6.45, 7) is 5.33. The lowest BCUT2D eigenvalue weighted by molar-refractivity contribution is -0.0129. The highest BCUT2D eigenvalue weighted by atomic mass is 35.5. The number of nitrogens with zero attached hydrogens (tertiary/aromatic N) is 1. The van der Waals surface area contributed by atoms with Gasteiger partial charge >= 0.3 is 0 Å². The third-order valence-electron chi connectivity index (χ3n) is 3.24. The number of ether oxygens (including phenoxy) is 1. The van der Waals surface area contributed by atoms with Gasteiger partial charge in [-0.25, -0.2) is 0 Å². The molecule has 1 aliphatic heterocycles. The molecule has 1 fully saturated rings. The van der Waals surface area contributed by atoms with Gasteiger partial charge < -0.3 is 9.84 Å². The van der Waals surface area contributed by atoms with Crippen molar-refractivity contribution >= 4 is 11.6 Å². The second-order valence-corrected chi connectivity index (χ2v) is 4.82. The number of hydrogen-bond acceptors (Lipinski definition) is 3. The minimum Gasteiger partial charge on any atom is -0.508 e. The molecule has 0 radical (unpaired) electrons. The summed E-state index contributed by atoms with van der Waals surface area (Å²) in [5.41, 5.74) is 0.887. The van der Waals surface area contributed by atoms with E-state index in [1.54, 1.807) is 12.1 Å². The number of hydrogen-bond donors (Lipinski definition) is 1. The molecule has 2 rings (SSSR count). The Balaban J connectivity index is 2.10. The summed E-state index contributed by atoms with van der Waals surface area (Å²) in [6.07, 6.45) is 1.06. The van der Waals surface area contributed by atoms with E-state index in [2.05, 4.69) is 11.8 Å². The molecule has 1 N–H and O–H groups in total. The third kappa shape index (κ3) is 3.12. The first-order chi connectivity index (χ1) is 8.20. The van der Waals surface area contributed by atoms with E-state index in [9.17, 15) is 5.11 Å². The molecule has 0 spiro atoms. The number of phenolic OH excluding ortho intramolecular Hbond substituents is 1. The summed E-state index contributed by atoms with van der Waals surface area (Å²) in [5.74, 6) is 0.316. The molecule has 1 heterocycles. The Morgan fingerprint density at radius 1 is 1.53 bits per heavy atom. The molecule has 4 heteroatoms. The van der Waals surface area contributed by atoms with Gasteiger partial charge in [0.1, 0.15) is 5.75 Å². The first kappa shape index (κ1) is 12.7. The zero-order valence-electron chi connectivity index (χ0n) is 10.0. The van der Waals surface area contributed by atoms with Gasteiger partial charge in [-0.1, -0.05) is 18.5 Å². The fourth-order valence-corrected chi connectivity index (χ4v) is 2.37. The summed E-state index contributed by atoms with van der Waals surface area (Å²) in [5, 5.41) is 10.5. The van der Waals surface area contributed by atoms with Crippen molar-refractivity contribution in [2.45, 2.75) is 25.9 Å². The number of rotatable bonds is 3. The van der Waals surface area contributed by atoms with Crippen LogP contribution in [0.25, 0.3) is 0 Å². The Morgan fingerprint density at radius 2 is 2.35 bits per heavy atom. The van der Waals surface area contributed by atoms with Crippen molar-refractivity contribution in [2.75, 3.05) is 19.8 Å². The second-order valence-electron chi connectivity index (χ2n) is 4.38. The summed E-state index contributed by atoms with van der Waals surface area (Å²) >= 11 is 5.95. The SMILES string of the molecule is CCC1COCCN1Cc1cc(Cl)ccc1O. The van der Waals surface area contributed by atoms with Crippen LogP contribution in [0, 0.1) is 0 Å². The van der Waals surface area contributed by atoms with Crippen LogP contribution in [0.5, 0.6) is 5.75 Å². The first-order valence-electron chi connectivity index (χ1n) is 6.00. The van der Waals surface area contributed by atoms with E-state index < -0.39 is 0 Å². The van der Waals surface area contributed by atoms with Gasteiger partial charge in [-0.3, -0.25) is 4.90 Å². The topological polar surface area (TPSA) is 32.7 Å². The normalized spacial score (nSPS) is 21.6. The van der Waals surface area contributed by atoms with Gasteiger partial charge in [-0.2, -0.15) is 0 Å². The van der Waals surface area contributed by atoms with Crippen LogP contribution in [0.4, 0.5) is 0 Å². The molecular weight excluding hydrogens is 238 g/mol. The number of morpholine rings is 1. The van der Waals surface area contributed by atoms with Gasteiger partial charge in [-0.15, -0.1) is 0 Å². The average molecular weight is 256 g/mol. The largest absolute Gasteiger partial charge is 0.508 e. The minimum atomic E-state index is 0.316. The summed E-state index contributed by atoms with van der Waals surface area (Å²) < 4.78 is 5.46. The molecule has 0 aliphatic carbocycles. The molecule has 1 atom stereocenters. The first-order valence-corrected chi connectivity index (χ1v) is 6.37. The predicted octanol–water partition coefficient (Wildman–Crippen LogP) is 2.66. The van der Waals surface area contributed by atoms with E-state index in [1.165, 1.54) is 0 Å². The van der Waals surface area contributed by atoms with Crippen LogP contribution in [0.1, 0.15) is 18.9 Å². The number of phenols is 1. The molecule has 0 aromatic heterocycles. The smallest absolute Gasteiger partial charge is 0.120 e. The van der Waals surface area contributed by atoms with E-state index in [0.717, 1.165) is 38.3 Å². The molecule has 94 valence electrons. The van der Waals surface area contributed by atoms with Gasteiger partial charge in [0.15, 0.2) is 0 Å². The summed E-state index contributed by atoms with van der Waals surface area (Å²) in [4.78, 5) is 2.34. The fourth-order valence-electron chi connectivity index (χ4n) is 2.17. The lowest BCUT2D eigenvalue weighted by atomic mass is 10.1. The fraction of sp³-hybridized carbons (Fsp3) is 0.538. The van der Waals surface area contributed by atoms with Gasteiger partial charge in [0.2, 0.25) is 0 Å². The lowest BCUT2D eigenvalue weighted by Crippen LogP contribution is -2.44. The van der Waals surface area contributed by atoms with Crippen LogP contribution in [-0.4, -0.2) is 35.8 Å². The minimum absolute atomic E-state index is 0.316. The van der Waals surface area contributed by atoms with Gasteiger partial charge in [0.05, 0.1) is 13.2 Å². The lowest BCUT2D eigenvalue weighted by Gasteiger charge is -2.35. The van der Waals surface area contributed by atoms with Crippen LogP contribution in [0.2, 0.25) is 5.02 Å². The monoisotopic (exact) mass is 255 g/mol. The molecular formula is C13H18ClNO2. The number of benzene rings is 1. The quantitative estimate of drug-likeness (QED) is 0.901. The Labute approximate surface area is 107 Å². The van der Waals surface area contributed by atoms with Crippen molar-refractivity contribution in [1.29, 1.82) is 0 Å². The van der Waals surface area contributed by atoms with Crippen LogP contribution in [0.3, 0.4) is 0 Å². The maximum atomic E-state index is 9.81. The van der Waals surface area contributed by atoms with Crippen molar-refractivity contribution in [1.82, 2.24) is 4.90 Å². The maximum Gasteiger partial charge on any atom is 0.120 e. The van der Waals surface area contributed by atoms with Gasteiger partial charge in [0, 0.05) is 29.7 Å². The van der Waals surface area contributed by atoms with E-state index in [-0.39, 0.29) is 0 Å². The van der Waals surface area contributed by atoms with Gasteiger partial charge in [0.25, 0.3) is 0 Å². The molecule has 17 heavy (non-hydrogen) atoms. The van der Waals surface area contributed by atoms with E-state index >= 15 is 0 Å². The van der Waals surface area contributed by atoms with E-state index in [4.69, 9.17) is 16.3 Å². The summed E-state index contributed by atoms with van der Waals surface area (Å²) in [6, 6.07) is 5.62. The predicted molar refractivity (Wildman–Crippen MR) is 68.4 cm³/mol. The number of halogens is 1. The van der Waals surface area contributed by atoms with Crippen LogP contribution in [0.15, 0.2) is 18.2 Å². The third-order valence-corrected chi connectivity index (χ3v) is 3.47. The van der Waals surface area contributed by atoms with Crippen molar-refractivity contribution in [3.63, 3.8) is 0 Å². The van der Waals surface area contributed by atoms with Crippen molar-refractivity contribution in [3.8, 4) is 5.75 Å². The van der Waals surface area contributed by atoms with Crippen LogP contribution < -0.4 is 0 Å². The van der Waals surface area contributed by atoms with Crippen molar-refractivity contribution in [3.05, 3.63) is 28.8 Å². The Morgan fingerprint density at radius 3 is 3.12 bits per heavy atom. The molecule has 3 nitrogen and oxygen atoms in total. The zero-order chi connectivity index (χ0) is 12.3.